The molecule has 0 aromatic heterocycles. The Balaban J connectivity index is 2.53. The highest BCUT2D eigenvalue weighted by Crippen LogP contribution is 2.20. The lowest BCUT2D eigenvalue weighted by Gasteiger charge is -2.04. The molecule has 0 atom stereocenters. The highest BCUT2D eigenvalue weighted by atomic mass is 16.5. The molecule has 0 saturated heterocycles. The zero-order chi connectivity index (χ0) is 9.68. The van der Waals surface area contributed by atoms with Gasteiger partial charge in [0.15, 0.2) is 0 Å². The van der Waals surface area contributed by atoms with Crippen molar-refractivity contribution in [2.24, 2.45) is 5.73 Å². The molecule has 0 fully saturated rings. The molecule has 0 saturated carbocycles. The average Bonchev–Trinajstić information content (AvgIpc) is 2.12. The number of rotatable bonds is 4. The zero-order valence-corrected chi connectivity index (χ0v) is 7.36. The maximum Gasteiger partial charge on any atom is 0.138 e. The monoisotopic (exact) mass is 182 g/mol. The van der Waals surface area contributed by atoms with Gasteiger partial charge in [-0.05, 0) is 17.7 Å². The van der Waals surface area contributed by atoms with Gasteiger partial charge >= 0.3 is 0 Å². The van der Waals surface area contributed by atoms with E-state index >= 15 is 0 Å². The van der Waals surface area contributed by atoms with Crippen LogP contribution in [-0.4, -0.2) is 18.3 Å². The number of hydrogen-bond donors (Lipinski definition) is 3. The lowest BCUT2D eigenvalue weighted by molar-refractivity contribution is 0.128. The molecule has 1 aromatic rings. The van der Waals surface area contributed by atoms with Crippen LogP contribution in [0, 0.1) is 0 Å². The molecular weight excluding hydrogens is 168 g/mol. The molecule has 4 nitrogen and oxygen atoms in total. The van der Waals surface area contributed by atoms with Crippen molar-refractivity contribution in [3.8, 4) is 5.75 Å². The smallest absolute Gasteiger partial charge is 0.138 e. The first kappa shape index (κ1) is 9.83. The van der Waals surface area contributed by atoms with E-state index in [2.05, 4.69) is 0 Å². The van der Waals surface area contributed by atoms with E-state index in [1.165, 1.54) is 0 Å². The van der Waals surface area contributed by atoms with Crippen molar-refractivity contribution in [3.05, 3.63) is 23.8 Å². The van der Waals surface area contributed by atoms with Crippen LogP contribution in [0.1, 0.15) is 5.56 Å². The highest BCUT2D eigenvalue weighted by Gasteiger charge is 1.98. The summed E-state index contributed by atoms with van der Waals surface area (Å²) in [7, 11) is 0. The van der Waals surface area contributed by atoms with Gasteiger partial charge in [0, 0.05) is 6.54 Å². The Morgan fingerprint density at radius 3 is 2.77 bits per heavy atom. The van der Waals surface area contributed by atoms with Crippen molar-refractivity contribution in [2.75, 3.05) is 18.9 Å². The third-order valence-electron chi connectivity index (χ3n) is 1.62. The van der Waals surface area contributed by atoms with Crippen LogP contribution in [0.2, 0.25) is 0 Å². The summed E-state index contributed by atoms with van der Waals surface area (Å²) in [6.07, 6.45) is 0. The quantitative estimate of drug-likeness (QED) is 0.359. The van der Waals surface area contributed by atoms with Gasteiger partial charge in [0.1, 0.15) is 5.75 Å². The Hall–Kier alpha value is -1.26. The summed E-state index contributed by atoms with van der Waals surface area (Å²) in [5.41, 5.74) is 12.1. The van der Waals surface area contributed by atoms with Gasteiger partial charge in [0.05, 0.1) is 18.9 Å². The van der Waals surface area contributed by atoms with Crippen LogP contribution in [0.15, 0.2) is 18.2 Å². The van der Waals surface area contributed by atoms with E-state index in [1.807, 2.05) is 0 Å². The fourth-order valence-corrected chi connectivity index (χ4v) is 0.967. The molecule has 0 aliphatic carbocycles. The van der Waals surface area contributed by atoms with Gasteiger partial charge in [-0.3, -0.25) is 0 Å². The maximum absolute atomic E-state index is 9.13. The summed E-state index contributed by atoms with van der Waals surface area (Å²) in [4.78, 5) is 0. The standard InChI is InChI=1S/C9H14N2O2/c10-3-4-13-6-7-1-2-9(12)8(11)5-7/h1-2,5,12H,3-4,6,10-11H2. The van der Waals surface area contributed by atoms with E-state index < -0.39 is 0 Å². The third kappa shape index (κ3) is 2.93. The summed E-state index contributed by atoms with van der Waals surface area (Å²) in [6.45, 7) is 1.51. The predicted octanol–water partition coefficient (Wildman–Crippen LogP) is 0.450. The topological polar surface area (TPSA) is 81.5 Å². The molecule has 13 heavy (non-hydrogen) atoms. The first-order valence-corrected chi connectivity index (χ1v) is 4.09. The molecule has 0 spiro atoms. The first-order chi connectivity index (χ1) is 6.24. The molecule has 0 bridgehead atoms. The van der Waals surface area contributed by atoms with Crippen molar-refractivity contribution < 1.29 is 9.84 Å². The molecule has 0 heterocycles. The normalized spacial score (nSPS) is 10.2. The summed E-state index contributed by atoms with van der Waals surface area (Å²) >= 11 is 0. The van der Waals surface area contributed by atoms with Gasteiger partial charge in [-0.25, -0.2) is 0 Å². The fourth-order valence-electron chi connectivity index (χ4n) is 0.967. The van der Waals surface area contributed by atoms with Crippen LogP contribution in [0.25, 0.3) is 0 Å². The molecular formula is C9H14N2O2. The van der Waals surface area contributed by atoms with Crippen LogP contribution in [0.3, 0.4) is 0 Å². The number of hydrogen-bond acceptors (Lipinski definition) is 4. The van der Waals surface area contributed by atoms with Crippen molar-refractivity contribution in [1.82, 2.24) is 0 Å². The van der Waals surface area contributed by atoms with Crippen molar-refractivity contribution in [1.29, 1.82) is 0 Å². The molecule has 72 valence electrons. The van der Waals surface area contributed by atoms with Crippen LogP contribution < -0.4 is 11.5 Å². The van der Waals surface area contributed by atoms with E-state index in [4.69, 9.17) is 21.3 Å². The average molecular weight is 182 g/mol. The molecule has 0 unspecified atom stereocenters. The van der Waals surface area contributed by atoms with Gasteiger partial charge in [0.2, 0.25) is 0 Å². The fraction of sp³-hybridized carbons (Fsp3) is 0.333. The summed E-state index contributed by atoms with van der Waals surface area (Å²) in [6, 6.07) is 5.00. The molecule has 5 N–H and O–H groups in total. The van der Waals surface area contributed by atoms with E-state index in [-0.39, 0.29) is 5.75 Å². The molecule has 4 heteroatoms. The summed E-state index contributed by atoms with van der Waals surface area (Å²) in [5.74, 6) is 0.0996. The van der Waals surface area contributed by atoms with E-state index in [9.17, 15) is 0 Å². The second-order valence-electron chi connectivity index (χ2n) is 2.73. The van der Waals surface area contributed by atoms with Crippen LogP contribution in [0.4, 0.5) is 5.69 Å². The molecule has 0 radical (unpaired) electrons. The Morgan fingerprint density at radius 2 is 2.15 bits per heavy atom. The first-order valence-electron chi connectivity index (χ1n) is 4.09. The van der Waals surface area contributed by atoms with Crippen LogP contribution >= 0.6 is 0 Å². The number of benzene rings is 1. The second-order valence-corrected chi connectivity index (χ2v) is 2.73. The molecule has 0 amide bonds. The van der Waals surface area contributed by atoms with E-state index in [0.717, 1.165) is 5.56 Å². The Morgan fingerprint density at radius 1 is 1.38 bits per heavy atom. The largest absolute Gasteiger partial charge is 0.506 e. The van der Waals surface area contributed by atoms with Gasteiger partial charge in [0.25, 0.3) is 0 Å². The second kappa shape index (κ2) is 4.69. The third-order valence-corrected chi connectivity index (χ3v) is 1.62. The number of ether oxygens (including phenoxy) is 1. The zero-order valence-electron chi connectivity index (χ0n) is 7.36. The molecule has 1 rings (SSSR count). The van der Waals surface area contributed by atoms with Crippen molar-refractivity contribution in [3.63, 3.8) is 0 Å². The Kier molecular flexibility index (Phi) is 3.54. The minimum absolute atomic E-state index is 0.0996. The van der Waals surface area contributed by atoms with Crippen LogP contribution in [0.5, 0.6) is 5.75 Å². The molecule has 0 aliphatic rings. The van der Waals surface area contributed by atoms with Crippen molar-refractivity contribution in [2.45, 2.75) is 6.61 Å². The number of nitrogen functional groups attached to an aromatic ring is 1. The minimum atomic E-state index is 0.0996. The van der Waals surface area contributed by atoms with Crippen LogP contribution in [-0.2, 0) is 11.3 Å². The number of anilines is 1. The minimum Gasteiger partial charge on any atom is -0.506 e. The van der Waals surface area contributed by atoms with Gasteiger partial charge in [-0.15, -0.1) is 0 Å². The van der Waals surface area contributed by atoms with Crippen molar-refractivity contribution >= 4 is 5.69 Å². The molecule has 0 aliphatic heterocycles. The van der Waals surface area contributed by atoms with E-state index in [1.54, 1.807) is 18.2 Å². The number of nitrogens with two attached hydrogens (primary N) is 2. The van der Waals surface area contributed by atoms with E-state index in [0.29, 0.717) is 25.4 Å². The number of phenols is 1. The van der Waals surface area contributed by atoms with Gasteiger partial charge < -0.3 is 21.3 Å². The number of aromatic hydroxyl groups is 1. The highest BCUT2D eigenvalue weighted by molar-refractivity contribution is 5.53. The van der Waals surface area contributed by atoms with Gasteiger partial charge in [-0.2, -0.15) is 0 Å². The lowest BCUT2D eigenvalue weighted by atomic mass is 10.2. The predicted molar refractivity (Wildman–Crippen MR) is 51.2 cm³/mol. The summed E-state index contributed by atoms with van der Waals surface area (Å²) in [5, 5.41) is 9.13. The van der Waals surface area contributed by atoms with Gasteiger partial charge in [-0.1, -0.05) is 6.07 Å². The Labute approximate surface area is 77.1 Å². The lowest BCUT2D eigenvalue weighted by Crippen LogP contribution is -2.08. The molecule has 1 aromatic carbocycles. The number of phenolic OH excluding ortho intramolecular Hbond substituents is 1. The Bertz CT molecular complexity index is 276. The SMILES string of the molecule is NCCOCc1ccc(O)c(N)c1. The summed E-state index contributed by atoms with van der Waals surface area (Å²) < 4.78 is 5.20. The maximum atomic E-state index is 9.13.